The Morgan fingerprint density at radius 2 is 2.08 bits per heavy atom. The number of nitrogens with zero attached hydrogens (tertiary/aromatic N) is 2. The summed E-state index contributed by atoms with van der Waals surface area (Å²) in [5, 5.41) is 12.2. The van der Waals surface area contributed by atoms with Crippen molar-refractivity contribution in [3.05, 3.63) is 4.91 Å². The summed E-state index contributed by atoms with van der Waals surface area (Å²) >= 11 is 0. The van der Waals surface area contributed by atoms with Gasteiger partial charge >= 0.3 is 5.97 Å². The van der Waals surface area contributed by atoms with E-state index in [0.717, 1.165) is 5.01 Å². The first-order valence-electron chi connectivity index (χ1n) is 3.78. The van der Waals surface area contributed by atoms with Crippen LogP contribution in [0, 0.1) is 10.8 Å². The van der Waals surface area contributed by atoms with E-state index in [1.807, 2.05) is 13.8 Å². The van der Waals surface area contributed by atoms with Crippen LogP contribution in [0.25, 0.3) is 0 Å². The predicted octanol–water partition coefficient (Wildman–Crippen LogP) is 1.10. The molecule has 1 atom stereocenters. The standard InChI is InChI=1S/C7H14N2O3/c1-5(2)4-6(7(10)11)9(3)8-12/h5-6H,4H2,1-3H3,(H,10,11)/t6-/m0/s1. The van der Waals surface area contributed by atoms with Crippen molar-refractivity contribution in [2.45, 2.75) is 26.3 Å². The first-order chi connectivity index (χ1) is 5.49. The van der Waals surface area contributed by atoms with Crippen molar-refractivity contribution in [1.29, 1.82) is 0 Å². The average molecular weight is 174 g/mol. The van der Waals surface area contributed by atoms with Gasteiger partial charge in [-0.25, -0.2) is 9.80 Å². The molecular formula is C7H14N2O3. The second kappa shape index (κ2) is 4.69. The van der Waals surface area contributed by atoms with Gasteiger partial charge in [0.25, 0.3) is 0 Å². The number of rotatable bonds is 5. The second-order valence-corrected chi connectivity index (χ2v) is 3.14. The van der Waals surface area contributed by atoms with E-state index in [4.69, 9.17) is 5.11 Å². The van der Waals surface area contributed by atoms with E-state index in [9.17, 15) is 9.70 Å². The van der Waals surface area contributed by atoms with Crippen molar-refractivity contribution in [2.24, 2.45) is 11.2 Å². The molecule has 0 fully saturated rings. The Morgan fingerprint density at radius 3 is 2.33 bits per heavy atom. The monoisotopic (exact) mass is 174 g/mol. The molecule has 0 aromatic heterocycles. The molecule has 5 nitrogen and oxygen atoms in total. The molecule has 5 heteroatoms. The van der Waals surface area contributed by atoms with Gasteiger partial charge in [0, 0.05) is 7.05 Å². The molecule has 0 aliphatic carbocycles. The Hall–Kier alpha value is -1.13. The smallest absolute Gasteiger partial charge is 0.328 e. The SMILES string of the molecule is CC(C)C[C@@H](C(=O)O)N(C)N=O. The van der Waals surface area contributed by atoms with Crippen LogP contribution >= 0.6 is 0 Å². The van der Waals surface area contributed by atoms with Crippen molar-refractivity contribution in [2.75, 3.05) is 7.05 Å². The van der Waals surface area contributed by atoms with E-state index in [-0.39, 0.29) is 5.92 Å². The van der Waals surface area contributed by atoms with E-state index in [2.05, 4.69) is 5.29 Å². The minimum absolute atomic E-state index is 0.232. The van der Waals surface area contributed by atoms with E-state index in [1.54, 1.807) is 0 Å². The van der Waals surface area contributed by atoms with Crippen LogP contribution in [0.15, 0.2) is 5.29 Å². The highest BCUT2D eigenvalue weighted by atomic mass is 16.4. The molecule has 0 amide bonds. The Bertz CT molecular complexity index is 170. The Labute approximate surface area is 71.3 Å². The molecule has 0 saturated heterocycles. The summed E-state index contributed by atoms with van der Waals surface area (Å²) in [6, 6.07) is -0.803. The molecule has 0 aliphatic rings. The largest absolute Gasteiger partial charge is 0.480 e. The van der Waals surface area contributed by atoms with Gasteiger partial charge in [-0.05, 0) is 12.3 Å². The fraction of sp³-hybridized carbons (Fsp3) is 0.857. The lowest BCUT2D eigenvalue weighted by Crippen LogP contribution is -2.35. The first-order valence-corrected chi connectivity index (χ1v) is 3.78. The third-order valence-electron chi connectivity index (χ3n) is 1.56. The number of carbonyl (C=O) groups is 1. The van der Waals surface area contributed by atoms with Gasteiger partial charge in [0.2, 0.25) is 0 Å². The minimum Gasteiger partial charge on any atom is -0.480 e. The predicted molar refractivity (Wildman–Crippen MR) is 44.4 cm³/mol. The van der Waals surface area contributed by atoms with Gasteiger partial charge in [-0.3, -0.25) is 0 Å². The summed E-state index contributed by atoms with van der Waals surface area (Å²) < 4.78 is 0. The van der Waals surface area contributed by atoms with Crippen LogP contribution in [0.3, 0.4) is 0 Å². The van der Waals surface area contributed by atoms with Crippen molar-refractivity contribution in [3.8, 4) is 0 Å². The molecule has 12 heavy (non-hydrogen) atoms. The summed E-state index contributed by atoms with van der Waals surface area (Å²) in [6.07, 6.45) is 0.428. The fourth-order valence-corrected chi connectivity index (χ4v) is 0.917. The summed E-state index contributed by atoms with van der Waals surface area (Å²) in [7, 11) is 1.37. The maximum atomic E-state index is 10.6. The van der Waals surface area contributed by atoms with Crippen LogP contribution in [0.1, 0.15) is 20.3 Å². The van der Waals surface area contributed by atoms with Crippen LogP contribution in [-0.2, 0) is 4.79 Å². The lowest BCUT2D eigenvalue weighted by Gasteiger charge is -2.19. The molecule has 0 radical (unpaired) electrons. The summed E-state index contributed by atoms with van der Waals surface area (Å²) in [5.41, 5.74) is 0. The zero-order chi connectivity index (χ0) is 9.72. The lowest BCUT2D eigenvalue weighted by atomic mass is 10.0. The number of nitroso groups, excluding NO2 is 1. The van der Waals surface area contributed by atoms with E-state index in [1.165, 1.54) is 7.05 Å². The summed E-state index contributed by atoms with van der Waals surface area (Å²) in [5.74, 6) is -0.777. The van der Waals surface area contributed by atoms with Gasteiger partial charge in [0.1, 0.15) is 6.04 Å². The number of likely N-dealkylation sites (N-methyl/N-ethyl adjacent to an activating group) is 1. The van der Waals surface area contributed by atoms with Gasteiger partial charge in [0.05, 0.1) is 5.29 Å². The molecule has 0 aliphatic heterocycles. The Kier molecular flexibility index (Phi) is 4.25. The molecule has 0 aromatic carbocycles. The second-order valence-electron chi connectivity index (χ2n) is 3.14. The normalized spacial score (nSPS) is 12.7. The number of hydrogen-bond acceptors (Lipinski definition) is 3. The summed E-state index contributed by atoms with van der Waals surface area (Å²) in [6.45, 7) is 3.79. The molecule has 0 rings (SSSR count). The van der Waals surface area contributed by atoms with E-state index >= 15 is 0 Å². The van der Waals surface area contributed by atoms with Crippen LogP contribution < -0.4 is 0 Å². The highest BCUT2D eigenvalue weighted by Gasteiger charge is 2.23. The zero-order valence-corrected chi connectivity index (χ0v) is 7.52. The highest BCUT2D eigenvalue weighted by Crippen LogP contribution is 2.10. The van der Waals surface area contributed by atoms with Crippen molar-refractivity contribution in [1.82, 2.24) is 5.01 Å². The molecule has 0 spiro atoms. The minimum atomic E-state index is -1.01. The molecule has 0 heterocycles. The zero-order valence-electron chi connectivity index (χ0n) is 7.52. The number of aliphatic carboxylic acids is 1. The Balaban J connectivity index is 4.22. The van der Waals surface area contributed by atoms with Gasteiger partial charge < -0.3 is 5.11 Å². The number of hydrogen-bond donors (Lipinski definition) is 1. The number of carboxylic acid groups (broad SMARTS) is 1. The average Bonchev–Trinajstić information content (AvgIpc) is 1.98. The van der Waals surface area contributed by atoms with Gasteiger partial charge in [-0.2, -0.15) is 0 Å². The molecule has 0 bridgehead atoms. The lowest BCUT2D eigenvalue weighted by molar-refractivity contribution is -0.143. The highest BCUT2D eigenvalue weighted by molar-refractivity contribution is 5.73. The van der Waals surface area contributed by atoms with E-state index < -0.39 is 12.0 Å². The molecule has 0 saturated carbocycles. The third kappa shape index (κ3) is 3.32. The molecular weight excluding hydrogens is 160 g/mol. The summed E-state index contributed by atoms with van der Waals surface area (Å²) in [4.78, 5) is 20.6. The van der Waals surface area contributed by atoms with Crippen LogP contribution in [0.2, 0.25) is 0 Å². The van der Waals surface area contributed by atoms with Crippen LogP contribution in [0.4, 0.5) is 0 Å². The van der Waals surface area contributed by atoms with Crippen molar-refractivity contribution < 1.29 is 9.90 Å². The van der Waals surface area contributed by atoms with Crippen LogP contribution in [-0.4, -0.2) is 29.2 Å². The van der Waals surface area contributed by atoms with Gasteiger partial charge in [-0.15, -0.1) is 4.91 Å². The molecule has 0 aromatic rings. The van der Waals surface area contributed by atoms with E-state index in [0.29, 0.717) is 6.42 Å². The van der Waals surface area contributed by atoms with Crippen LogP contribution in [0.5, 0.6) is 0 Å². The molecule has 1 N–H and O–H groups in total. The quantitative estimate of drug-likeness (QED) is 0.500. The Morgan fingerprint density at radius 1 is 1.58 bits per heavy atom. The number of carboxylic acids is 1. The molecule has 0 unspecified atom stereocenters. The molecule has 70 valence electrons. The maximum absolute atomic E-state index is 10.6. The third-order valence-corrected chi connectivity index (χ3v) is 1.56. The van der Waals surface area contributed by atoms with Crippen molar-refractivity contribution in [3.63, 3.8) is 0 Å². The van der Waals surface area contributed by atoms with Gasteiger partial charge in [0.15, 0.2) is 0 Å². The fourth-order valence-electron chi connectivity index (χ4n) is 0.917. The maximum Gasteiger partial charge on any atom is 0.328 e. The topological polar surface area (TPSA) is 70.0 Å². The van der Waals surface area contributed by atoms with Crippen molar-refractivity contribution >= 4 is 5.97 Å². The first kappa shape index (κ1) is 10.9. The van der Waals surface area contributed by atoms with Gasteiger partial charge in [-0.1, -0.05) is 13.8 Å².